The van der Waals surface area contributed by atoms with Gasteiger partial charge in [-0.05, 0) is 24.6 Å². The molecule has 2 N–H and O–H groups in total. The zero-order chi connectivity index (χ0) is 19.2. The molecule has 0 unspecified atom stereocenters. The van der Waals surface area contributed by atoms with Crippen molar-refractivity contribution >= 4 is 29.0 Å². The van der Waals surface area contributed by atoms with Gasteiger partial charge in [0.2, 0.25) is 0 Å². The van der Waals surface area contributed by atoms with Crippen molar-refractivity contribution in [2.75, 3.05) is 30.9 Å². The van der Waals surface area contributed by atoms with Gasteiger partial charge in [0.05, 0.1) is 23.0 Å². The molecule has 0 radical (unpaired) electrons. The molecule has 0 saturated carbocycles. The van der Waals surface area contributed by atoms with Crippen molar-refractivity contribution in [3.8, 4) is 0 Å². The molecule has 0 bridgehead atoms. The minimum absolute atomic E-state index is 0.0315. The lowest BCUT2D eigenvalue weighted by Crippen LogP contribution is -2.16. The van der Waals surface area contributed by atoms with Gasteiger partial charge in [-0.3, -0.25) is 4.79 Å². The third kappa shape index (κ3) is 5.57. The second-order valence-corrected chi connectivity index (χ2v) is 5.61. The Morgan fingerprint density at radius 2 is 2.04 bits per heavy atom. The molecule has 10 heteroatoms. The average molecular weight is 389 g/mol. The molecule has 0 aliphatic carbocycles. The van der Waals surface area contributed by atoms with Crippen LogP contribution >= 0.6 is 11.6 Å². The first-order valence-corrected chi connectivity index (χ1v) is 7.92. The quantitative estimate of drug-likeness (QED) is 0.704. The van der Waals surface area contributed by atoms with Crippen LogP contribution in [-0.2, 0) is 10.9 Å². The molecule has 1 aromatic carbocycles. The Kier molecular flexibility index (Phi) is 6.76. The Labute approximate surface area is 152 Å². The summed E-state index contributed by atoms with van der Waals surface area (Å²) < 4.78 is 43.5. The maximum absolute atomic E-state index is 12.8. The number of carbonyl (C=O) groups excluding carboxylic acids is 1. The number of alkyl halides is 3. The number of halogens is 4. The fraction of sp³-hybridized carbons (Fsp3) is 0.312. The lowest BCUT2D eigenvalue weighted by atomic mass is 10.2. The van der Waals surface area contributed by atoms with Crippen LogP contribution in [0.4, 0.5) is 24.7 Å². The zero-order valence-electron chi connectivity index (χ0n) is 13.7. The largest absolute Gasteiger partial charge is 0.417 e. The predicted molar refractivity (Wildman–Crippen MR) is 91.4 cm³/mol. The van der Waals surface area contributed by atoms with E-state index >= 15 is 0 Å². The standard InChI is InChI=1S/C16H16ClF3N4O2/c1-26-6-2-5-21-14-9-22-13(8-23-14)15(25)24-10-3-4-12(17)11(7-10)16(18,19)20/h3-4,7-9H,2,5-6H2,1H3,(H,21,23)(H,24,25). The van der Waals surface area contributed by atoms with E-state index in [-0.39, 0.29) is 11.4 Å². The number of hydrogen-bond acceptors (Lipinski definition) is 5. The van der Waals surface area contributed by atoms with Crippen LogP contribution in [0.5, 0.6) is 0 Å². The summed E-state index contributed by atoms with van der Waals surface area (Å²) in [5.74, 6) is -0.206. The van der Waals surface area contributed by atoms with E-state index in [1.165, 1.54) is 18.5 Å². The summed E-state index contributed by atoms with van der Waals surface area (Å²) in [4.78, 5) is 20.1. The number of amides is 1. The minimum atomic E-state index is -4.62. The van der Waals surface area contributed by atoms with Gasteiger partial charge in [0.15, 0.2) is 0 Å². The number of ether oxygens (including phenoxy) is 1. The second kappa shape index (κ2) is 8.81. The summed E-state index contributed by atoms with van der Waals surface area (Å²) in [7, 11) is 1.60. The van der Waals surface area contributed by atoms with Gasteiger partial charge < -0.3 is 15.4 Å². The second-order valence-electron chi connectivity index (χ2n) is 5.21. The van der Waals surface area contributed by atoms with E-state index < -0.39 is 22.7 Å². The van der Waals surface area contributed by atoms with Crippen molar-refractivity contribution < 1.29 is 22.7 Å². The fourth-order valence-electron chi connectivity index (χ4n) is 1.98. The summed E-state index contributed by atoms with van der Waals surface area (Å²) in [6.07, 6.45) is -1.24. The maximum atomic E-state index is 12.8. The summed E-state index contributed by atoms with van der Waals surface area (Å²) in [6.45, 7) is 1.22. The summed E-state index contributed by atoms with van der Waals surface area (Å²) >= 11 is 5.54. The van der Waals surface area contributed by atoms with Crippen LogP contribution in [0, 0.1) is 0 Å². The molecule has 1 heterocycles. The van der Waals surface area contributed by atoms with Gasteiger partial charge in [0.1, 0.15) is 11.5 Å². The SMILES string of the molecule is COCCCNc1cnc(C(=O)Nc2ccc(Cl)c(C(F)(F)F)c2)cn1. The van der Waals surface area contributed by atoms with Crippen LogP contribution in [0.25, 0.3) is 0 Å². The molecule has 26 heavy (non-hydrogen) atoms. The molecule has 2 rings (SSSR count). The van der Waals surface area contributed by atoms with Crippen molar-refractivity contribution in [3.05, 3.63) is 46.9 Å². The number of carbonyl (C=O) groups is 1. The fourth-order valence-corrected chi connectivity index (χ4v) is 2.21. The summed E-state index contributed by atoms with van der Waals surface area (Å²) in [5, 5.41) is 4.90. The van der Waals surface area contributed by atoms with Gasteiger partial charge in [0.25, 0.3) is 5.91 Å². The van der Waals surface area contributed by atoms with Crippen LogP contribution in [-0.4, -0.2) is 36.1 Å². The number of nitrogens with one attached hydrogen (secondary N) is 2. The lowest BCUT2D eigenvalue weighted by Gasteiger charge is -2.11. The molecule has 2 aromatic rings. The molecular weight excluding hydrogens is 373 g/mol. The van der Waals surface area contributed by atoms with Crippen molar-refractivity contribution in [2.45, 2.75) is 12.6 Å². The van der Waals surface area contributed by atoms with E-state index in [0.29, 0.717) is 19.0 Å². The van der Waals surface area contributed by atoms with Gasteiger partial charge in [-0.1, -0.05) is 11.6 Å². The molecule has 0 spiro atoms. The number of hydrogen-bond donors (Lipinski definition) is 2. The third-order valence-electron chi connectivity index (χ3n) is 3.25. The Hall–Kier alpha value is -2.39. The van der Waals surface area contributed by atoms with Gasteiger partial charge in [0, 0.05) is 25.9 Å². The first-order valence-electron chi connectivity index (χ1n) is 7.54. The average Bonchev–Trinajstić information content (AvgIpc) is 2.60. The monoisotopic (exact) mass is 388 g/mol. The molecular formula is C16H16ClF3N4O2. The molecule has 140 valence electrons. The Morgan fingerprint density at radius 1 is 1.27 bits per heavy atom. The number of aromatic nitrogens is 2. The van der Waals surface area contributed by atoms with Crippen LogP contribution < -0.4 is 10.6 Å². The molecule has 0 aliphatic heterocycles. The van der Waals surface area contributed by atoms with Gasteiger partial charge in [-0.25, -0.2) is 9.97 Å². The zero-order valence-corrected chi connectivity index (χ0v) is 14.5. The highest BCUT2D eigenvalue weighted by Gasteiger charge is 2.33. The lowest BCUT2D eigenvalue weighted by molar-refractivity contribution is -0.137. The highest BCUT2D eigenvalue weighted by molar-refractivity contribution is 6.31. The predicted octanol–water partition coefficient (Wildman–Crippen LogP) is 3.85. The van der Waals surface area contributed by atoms with E-state index in [1.807, 2.05) is 0 Å². The van der Waals surface area contributed by atoms with Gasteiger partial charge >= 0.3 is 6.18 Å². The first kappa shape index (κ1) is 19.9. The Balaban J connectivity index is 2.01. The number of anilines is 2. The number of rotatable bonds is 7. The van der Waals surface area contributed by atoms with E-state index in [9.17, 15) is 18.0 Å². The van der Waals surface area contributed by atoms with Crippen molar-refractivity contribution in [3.63, 3.8) is 0 Å². The molecule has 6 nitrogen and oxygen atoms in total. The topological polar surface area (TPSA) is 76.1 Å². The Morgan fingerprint density at radius 3 is 2.65 bits per heavy atom. The van der Waals surface area contributed by atoms with E-state index in [1.54, 1.807) is 7.11 Å². The minimum Gasteiger partial charge on any atom is -0.385 e. The normalized spacial score (nSPS) is 11.3. The van der Waals surface area contributed by atoms with Crippen molar-refractivity contribution in [1.29, 1.82) is 0 Å². The summed E-state index contributed by atoms with van der Waals surface area (Å²) in [6, 6.07) is 3.10. The van der Waals surface area contributed by atoms with E-state index in [2.05, 4.69) is 20.6 Å². The van der Waals surface area contributed by atoms with Crippen molar-refractivity contribution in [1.82, 2.24) is 9.97 Å². The van der Waals surface area contributed by atoms with E-state index in [4.69, 9.17) is 16.3 Å². The molecule has 0 saturated heterocycles. The smallest absolute Gasteiger partial charge is 0.385 e. The van der Waals surface area contributed by atoms with Crippen molar-refractivity contribution in [2.24, 2.45) is 0 Å². The van der Waals surface area contributed by atoms with Crippen LogP contribution in [0.2, 0.25) is 5.02 Å². The number of benzene rings is 1. The summed E-state index contributed by atoms with van der Waals surface area (Å²) in [5.41, 5.74) is -1.11. The molecule has 1 amide bonds. The highest BCUT2D eigenvalue weighted by Crippen LogP contribution is 2.36. The van der Waals surface area contributed by atoms with Gasteiger partial charge in [-0.2, -0.15) is 13.2 Å². The van der Waals surface area contributed by atoms with Crippen LogP contribution in [0.15, 0.2) is 30.6 Å². The highest BCUT2D eigenvalue weighted by atomic mass is 35.5. The number of nitrogens with zero attached hydrogens (tertiary/aromatic N) is 2. The molecule has 0 aliphatic rings. The number of methoxy groups -OCH3 is 1. The van der Waals surface area contributed by atoms with E-state index in [0.717, 1.165) is 18.6 Å². The molecule has 0 atom stereocenters. The Bertz CT molecular complexity index is 754. The molecule has 0 fully saturated rings. The molecule has 1 aromatic heterocycles. The first-order chi connectivity index (χ1) is 12.3. The maximum Gasteiger partial charge on any atom is 0.417 e. The van der Waals surface area contributed by atoms with Crippen LogP contribution in [0.3, 0.4) is 0 Å². The third-order valence-corrected chi connectivity index (χ3v) is 3.58. The van der Waals surface area contributed by atoms with Crippen LogP contribution in [0.1, 0.15) is 22.5 Å². The van der Waals surface area contributed by atoms with Gasteiger partial charge in [-0.15, -0.1) is 0 Å².